The smallest absolute Gasteiger partial charge is 0.0455 e. The normalized spacial score (nSPS) is 12.2. The molecule has 0 amide bonds. The van der Waals surface area contributed by atoms with Crippen molar-refractivity contribution < 1.29 is 0 Å². The van der Waals surface area contributed by atoms with Crippen molar-refractivity contribution in [3.05, 3.63) is 164 Å². The number of allylic oxidation sites excluding steroid dienone is 2. The molecule has 0 saturated carbocycles. The van der Waals surface area contributed by atoms with Gasteiger partial charge in [-0.1, -0.05) is 146 Å². The molecule has 48 heavy (non-hydrogen) atoms. The summed E-state index contributed by atoms with van der Waals surface area (Å²) in [6.07, 6.45) is 5.94. The fourth-order valence-corrected chi connectivity index (χ4v) is 10.4. The number of fused-ring (bicyclic) bond motifs is 12. The highest BCUT2D eigenvalue weighted by molar-refractivity contribution is 7.30. The van der Waals surface area contributed by atoms with E-state index in [0.29, 0.717) is 0 Å². The van der Waals surface area contributed by atoms with Crippen LogP contribution in [0.1, 0.15) is 5.56 Å². The summed E-state index contributed by atoms with van der Waals surface area (Å²) in [6, 6.07) is 51.7. The molecule has 2 aromatic heterocycles. The lowest BCUT2D eigenvalue weighted by Gasteiger charge is -2.18. The van der Waals surface area contributed by atoms with Gasteiger partial charge in [0, 0.05) is 45.7 Å². The van der Waals surface area contributed by atoms with Crippen LogP contribution in [0.25, 0.3) is 101 Å². The van der Waals surface area contributed by atoms with Crippen LogP contribution < -0.4 is 0 Å². The first-order chi connectivity index (χ1) is 23.8. The van der Waals surface area contributed by atoms with Crippen LogP contribution >= 0.6 is 22.7 Å². The number of thiophene rings is 2. The van der Waals surface area contributed by atoms with Crippen molar-refractivity contribution in [3.63, 3.8) is 0 Å². The van der Waals surface area contributed by atoms with Gasteiger partial charge >= 0.3 is 0 Å². The molecule has 0 aliphatic rings. The standard InChI is InChI=1S/C46H28S2/c1-2-3-13-28-14-12-15-29(26-28)41-31-16-4-6-18-33(31)42(34-19-7-5-17-32(34)41)30-24-25-38-40(27-30)48-45-36-21-9-8-20-35(36)43-37-22-10-11-23-39(37)47-46(43)44(38)45/h2-27H,1H2/b13-3-. The fraction of sp³-hybridized carbons (Fsp3) is 0. The number of hydrogen-bond donors (Lipinski definition) is 0. The average Bonchev–Trinajstić information content (AvgIpc) is 3.72. The molecule has 0 atom stereocenters. The SMILES string of the molecule is C=C/C=C\c1cccc(-c2c3ccccc3c(-c3ccc4c(c3)sc3c5ccccc5c5c6ccccc6sc5c43)c3ccccc23)c1. The first kappa shape index (κ1) is 27.6. The van der Waals surface area contributed by atoms with Gasteiger partial charge in [-0.05, 0) is 72.9 Å². The summed E-state index contributed by atoms with van der Waals surface area (Å²) >= 11 is 3.87. The minimum atomic E-state index is 1.17. The van der Waals surface area contributed by atoms with Gasteiger partial charge in [-0.25, -0.2) is 0 Å². The van der Waals surface area contributed by atoms with E-state index in [2.05, 4.69) is 152 Å². The van der Waals surface area contributed by atoms with Gasteiger partial charge < -0.3 is 0 Å². The van der Waals surface area contributed by atoms with Crippen LogP contribution in [0.5, 0.6) is 0 Å². The Hall–Kier alpha value is -5.54. The Morgan fingerprint density at radius 3 is 1.67 bits per heavy atom. The van der Waals surface area contributed by atoms with E-state index in [1.54, 1.807) is 0 Å². The van der Waals surface area contributed by atoms with Crippen LogP contribution in [0.2, 0.25) is 0 Å². The molecule has 224 valence electrons. The highest BCUT2D eigenvalue weighted by Gasteiger charge is 2.20. The van der Waals surface area contributed by atoms with Gasteiger partial charge in [0.25, 0.3) is 0 Å². The van der Waals surface area contributed by atoms with Crippen molar-refractivity contribution in [2.75, 3.05) is 0 Å². The largest absolute Gasteiger partial charge is 0.134 e. The van der Waals surface area contributed by atoms with Gasteiger partial charge in [0.05, 0.1) is 0 Å². The molecule has 10 aromatic rings. The van der Waals surface area contributed by atoms with Crippen molar-refractivity contribution in [1.29, 1.82) is 0 Å². The zero-order valence-corrected chi connectivity index (χ0v) is 27.7. The van der Waals surface area contributed by atoms with E-state index in [9.17, 15) is 0 Å². The third kappa shape index (κ3) is 4.00. The van der Waals surface area contributed by atoms with E-state index in [1.165, 1.54) is 100 Å². The second-order valence-corrected chi connectivity index (χ2v) is 14.5. The molecule has 0 bridgehead atoms. The second-order valence-electron chi connectivity index (χ2n) is 12.4. The molecule has 8 aromatic carbocycles. The summed E-state index contributed by atoms with van der Waals surface area (Å²) in [6.45, 7) is 3.86. The molecule has 0 unspecified atom stereocenters. The topological polar surface area (TPSA) is 0 Å². The summed E-state index contributed by atoms with van der Waals surface area (Å²) in [5.74, 6) is 0. The Bertz CT molecular complexity index is 2910. The lowest BCUT2D eigenvalue weighted by Crippen LogP contribution is -1.91. The molecular formula is C46H28S2. The summed E-state index contributed by atoms with van der Waals surface area (Å²) < 4.78 is 5.46. The molecule has 2 heterocycles. The quantitative estimate of drug-likeness (QED) is 0.132. The zero-order chi connectivity index (χ0) is 31.8. The number of rotatable bonds is 4. The van der Waals surface area contributed by atoms with Crippen molar-refractivity contribution in [1.82, 2.24) is 0 Å². The molecule has 0 spiro atoms. The van der Waals surface area contributed by atoms with Gasteiger partial charge in [0.15, 0.2) is 0 Å². The Morgan fingerprint density at radius 1 is 0.417 bits per heavy atom. The highest BCUT2D eigenvalue weighted by atomic mass is 32.1. The van der Waals surface area contributed by atoms with Gasteiger partial charge in [-0.15, -0.1) is 22.7 Å². The Balaban J connectivity index is 1.28. The lowest BCUT2D eigenvalue weighted by molar-refractivity contribution is 1.63. The van der Waals surface area contributed by atoms with Crippen LogP contribution in [-0.4, -0.2) is 0 Å². The average molecular weight is 645 g/mol. The molecule has 0 fully saturated rings. The van der Waals surface area contributed by atoms with Crippen molar-refractivity contribution in [3.8, 4) is 22.3 Å². The molecule has 0 aliphatic carbocycles. The summed E-state index contributed by atoms with van der Waals surface area (Å²) in [7, 11) is 0. The van der Waals surface area contributed by atoms with Crippen LogP contribution in [0.15, 0.2) is 158 Å². The van der Waals surface area contributed by atoms with Crippen LogP contribution in [0, 0.1) is 0 Å². The minimum Gasteiger partial charge on any atom is -0.134 e. The molecule has 0 N–H and O–H groups in total. The molecule has 0 aliphatic heterocycles. The molecular weight excluding hydrogens is 617 g/mol. The van der Waals surface area contributed by atoms with Crippen molar-refractivity contribution >= 4 is 101 Å². The van der Waals surface area contributed by atoms with E-state index < -0.39 is 0 Å². The van der Waals surface area contributed by atoms with Gasteiger partial charge in [-0.2, -0.15) is 0 Å². The van der Waals surface area contributed by atoms with E-state index >= 15 is 0 Å². The van der Waals surface area contributed by atoms with Crippen molar-refractivity contribution in [2.24, 2.45) is 0 Å². The van der Waals surface area contributed by atoms with Crippen LogP contribution in [0.4, 0.5) is 0 Å². The van der Waals surface area contributed by atoms with E-state index in [1.807, 2.05) is 34.8 Å². The monoisotopic (exact) mass is 644 g/mol. The minimum absolute atomic E-state index is 1.17. The molecule has 0 saturated heterocycles. The predicted octanol–water partition coefficient (Wildman–Crippen LogP) is 14.4. The zero-order valence-electron chi connectivity index (χ0n) is 26.0. The van der Waals surface area contributed by atoms with Gasteiger partial charge in [0.1, 0.15) is 0 Å². The van der Waals surface area contributed by atoms with Crippen molar-refractivity contribution in [2.45, 2.75) is 0 Å². The second kappa shape index (κ2) is 10.7. The maximum Gasteiger partial charge on any atom is 0.0455 e. The third-order valence-electron chi connectivity index (χ3n) is 9.77. The van der Waals surface area contributed by atoms with E-state index in [-0.39, 0.29) is 0 Å². The first-order valence-corrected chi connectivity index (χ1v) is 17.9. The molecule has 0 nitrogen and oxygen atoms in total. The molecule has 10 rings (SSSR count). The maximum atomic E-state index is 3.86. The maximum absolute atomic E-state index is 3.86. The van der Waals surface area contributed by atoms with E-state index in [0.717, 1.165) is 0 Å². The number of hydrogen-bond acceptors (Lipinski definition) is 2. The highest BCUT2D eigenvalue weighted by Crippen LogP contribution is 2.50. The summed E-state index contributed by atoms with van der Waals surface area (Å²) in [4.78, 5) is 0. The number of benzene rings is 8. The Kier molecular flexibility index (Phi) is 6.17. The van der Waals surface area contributed by atoms with Gasteiger partial charge in [0.2, 0.25) is 0 Å². The third-order valence-corrected chi connectivity index (χ3v) is 12.1. The molecule has 0 radical (unpaired) electrons. The van der Waals surface area contributed by atoms with E-state index in [4.69, 9.17) is 0 Å². The van der Waals surface area contributed by atoms with Crippen LogP contribution in [-0.2, 0) is 0 Å². The molecule has 2 heteroatoms. The first-order valence-electron chi connectivity index (χ1n) is 16.3. The Morgan fingerprint density at radius 2 is 0.979 bits per heavy atom. The lowest BCUT2D eigenvalue weighted by atomic mass is 9.85. The predicted molar refractivity (Wildman–Crippen MR) is 215 cm³/mol. The Labute approximate surface area is 286 Å². The van der Waals surface area contributed by atoms with Crippen LogP contribution in [0.3, 0.4) is 0 Å². The summed E-state index contributed by atoms with van der Waals surface area (Å²) in [5.41, 5.74) is 6.22. The van der Waals surface area contributed by atoms with Gasteiger partial charge in [-0.3, -0.25) is 0 Å². The summed E-state index contributed by atoms with van der Waals surface area (Å²) in [5, 5.41) is 13.3. The fourth-order valence-electron chi connectivity index (χ4n) is 7.78.